The Hall–Kier alpha value is -1.26. The molecule has 20 heavy (non-hydrogen) atoms. The summed E-state index contributed by atoms with van der Waals surface area (Å²) in [6.45, 7) is 1.59. The van der Waals surface area contributed by atoms with Gasteiger partial charge in [0, 0.05) is 25.2 Å². The van der Waals surface area contributed by atoms with E-state index >= 15 is 0 Å². The molecule has 2 aliphatic heterocycles. The predicted octanol–water partition coefficient (Wildman–Crippen LogP) is 2.31. The molecule has 2 heterocycles. The first-order valence-electron chi connectivity index (χ1n) is 7.96. The van der Waals surface area contributed by atoms with Gasteiger partial charge in [0.15, 0.2) is 0 Å². The quantitative estimate of drug-likeness (QED) is 0.844. The first-order chi connectivity index (χ1) is 9.66. The van der Waals surface area contributed by atoms with Gasteiger partial charge in [-0.1, -0.05) is 12.8 Å². The van der Waals surface area contributed by atoms with E-state index in [1.165, 1.54) is 19.3 Å². The second-order valence-corrected chi connectivity index (χ2v) is 6.46. The van der Waals surface area contributed by atoms with E-state index in [9.17, 15) is 9.59 Å². The third-order valence-corrected chi connectivity index (χ3v) is 5.29. The van der Waals surface area contributed by atoms with Crippen molar-refractivity contribution in [3.05, 3.63) is 0 Å². The standard InChI is InChI=1S/C15H24N2O3/c18-14(19)10-12-5-3-8-16(12)15(20)17-9-7-11-4-1-2-6-13(11)17/h11-13H,1-10H2,(H,18,19). The van der Waals surface area contributed by atoms with E-state index < -0.39 is 5.97 Å². The summed E-state index contributed by atoms with van der Waals surface area (Å²) in [5.41, 5.74) is 0. The molecule has 112 valence electrons. The van der Waals surface area contributed by atoms with E-state index in [2.05, 4.69) is 0 Å². The van der Waals surface area contributed by atoms with Crippen LogP contribution in [0.5, 0.6) is 0 Å². The van der Waals surface area contributed by atoms with E-state index in [0.717, 1.165) is 38.8 Å². The Morgan fingerprint density at radius 3 is 2.55 bits per heavy atom. The molecule has 0 aromatic heterocycles. The minimum absolute atomic E-state index is 0.0909. The smallest absolute Gasteiger partial charge is 0.320 e. The second-order valence-electron chi connectivity index (χ2n) is 6.46. The highest BCUT2D eigenvalue weighted by molar-refractivity contribution is 5.77. The Kier molecular flexibility index (Phi) is 3.85. The third kappa shape index (κ3) is 2.50. The van der Waals surface area contributed by atoms with Crippen LogP contribution in [0.25, 0.3) is 0 Å². The van der Waals surface area contributed by atoms with E-state index in [4.69, 9.17) is 5.11 Å². The Morgan fingerprint density at radius 1 is 0.950 bits per heavy atom. The fraction of sp³-hybridized carbons (Fsp3) is 0.867. The van der Waals surface area contributed by atoms with Crippen molar-refractivity contribution in [1.82, 2.24) is 9.80 Å². The average molecular weight is 280 g/mol. The fourth-order valence-corrected chi connectivity index (χ4v) is 4.31. The molecule has 2 saturated heterocycles. The molecular weight excluding hydrogens is 256 g/mol. The van der Waals surface area contributed by atoms with Crippen LogP contribution in [-0.4, -0.2) is 52.1 Å². The fourth-order valence-electron chi connectivity index (χ4n) is 4.31. The van der Waals surface area contributed by atoms with Crippen LogP contribution in [0.1, 0.15) is 51.4 Å². The minimum Gasteiger partial charge on any atom is -0.481 e. The van der Waals surface area contributed by atoms with Crippen molar-refractivity contribution < 1.29 is 14.7 Å². The van der Waals surface area contributed by atoms with Gasteiger partial charge in [-0.05, 0) is 38.0 Å². The van der Waals surface area contributed by atoms with Gasteiger partial charge in [-0.25, -0.2) is 4.79 Å². The van der Waals surface area contributed by atoms with Gasteiger partial charge in [-0.3, -0.25) is 4.79 Å². The molecule has 5 nitrogen and oxygen atoms in total. The number of hydrogen-bond donors (Lipinski definition) is 1. The van der Waals surface area contributed by atoms with Crippen LogP contribution >= 0.6 is 0 Å². The van der Waals surface area contributed by atoms with Crippen molar-refractivity contribution in [2.45, 2.75) is 63.5 Å². The van der Waals surface area contributed by atoms with Gasteiger partial charge in [0.25, 0.3) is 0 Å². The molecule has 1 N–H and O–H groups in total. The number of rotatable bonds is 2. The van der Waals surface area contributed by atoms with E-state index in [1.807, 2.05) is 9.80 Å². The molecule has 3 rings (SSSR count). The zero-order chi connectivity index (χ0) is 14.1. The summed E-state index contributed by atoms with van der Waals surface area (Å²) in [5, 5.41) is 8.97. The molecule has 0 bridgehead atoms. The highest BCUT2D eigenvalue weighted by Gasteiger charge is 2.42. The number of nitrogens with zero attached hydrogens (tertiary/aromatic N) is 2. The maximum absolute atomic E-state index is 12.8. The maximum atomic E-state index is 12.8. The van der Waals surface area contributed by atoms with Crippen LogP contribution in [0.3, 0.4) is 0 Å². The van der Waals surface area contributed by atoms with Crippen LogP contribution < -0.4 is 0 Å². The van der Waals surface area contributed by atoms with Crippen LogP contribution in [-0.2, 0) is 4.79 Å². The number of urea groups is 1. The van der Waals surface area contributed by atoms with E-state index in [1.54, 1.807) is 0 Å². The molecule has 0 aromatic rings. The van der Waals surface area contributed by atoms with Gasteiger partial charge in [-0.15, -0.1) is 0 Å². The molecule has 1 aliphatic carbocycles. The largest absolute Gasteiger partial charge is 0.481 e. The van der Waals surface area contributed by atoms with Crippen molar-refractivity contribution in [2.75, 3.05) is 13.1 Å². The maximum Gasteiger partial charge on any atom is 0.320 e. The minimum atomic E-state index is -0.799. The number of fused-ring (bicyclic) bond motifs is 1. The normalized spacial score (nSPS) is 33.3. The number of hydrogen-bond acceptors (Lipinski definition) is 2. The first kappa shape index (κ1) is 13.7. The molecular formula is C15H24N2O3. The zero-order valence-corrected chi connectivity index (χ0v) is 12.0. The lowest BCUT2D eigenvalue weighted by Crippen LogP contribution is -2.49. The van der Waals surface area contributed by atoms with Crippen molar-refractivity contribution in [3.8, 4) is 0 Å². The van der Waals surface area contributed by atoms with Crippen LogP contribution in [0.15, 0.2) is 0 Å². The SMILES string of the molecule is O=C(O)CC1CCCN1C(=O)N1CCC2CCCCC21. The Labute approximate surface area is 119 Å². The molecule has 0 aromatic carbocycles. The van der Waals surface area contributed by atoms with Crippen molar-refractivity contribution in [2.24, 2.45) is 5.92 Å². The lowest BCUT2D eigenvalue weighted by atomic mass is 9.85. The van der Waals surface area contributed by atoms with Crippen LogP contribution in [0, 0.1) is 5.92 Å². The van der Waals surface area contributed by atoms with Gasteiger partial charge in [0.1, 0.15) is 0 Å². The molecule has 5 heteroatoms. The molecule has 3 aliphatic rings. The van der Waals surface area contributed by atoms with Crippen LogP contribution in [0.2, 0.25) is 0 Å². The van der Waals surface area contributed by atoms with Gasteiger partial charge >= 0.3 is 12.0 Å². The lowest BCUT2D eigenvalue weighted by Gasteiger charge is -2.35. The van der Waals surface area contributed by atoms with Crippen molar-refractivity contribution in [1.29, 1.82) is 0 Å². The number of carboxylic acid groups (broad SMARTS) is 1. The van der Waals surface area contributed by atoms with Gasteiger partial charge in [0.05, 0.1) is 6.42 Å². The molecule has 3 unspecified atom stereocenters. The average Bonchev–Trinajstić information content (AvgIpc) is 3.03. The lowest BCUT2D eigenvalue weighted by molar-refractivity contribution is -0.138. The number of carbonyl (C=O) groups excluding carboxylic acids is 1. The summed E-state index contributed by atoms with van der Waals surface area (Å²) >= 11 is 0. The number of likely N-dealkylation sites (tertiary alicyclic amines) is 2. The summed E-state index contributed by atoms with van der Waals surface area (Å²) in [6.07, 6.45) is 7.91. The first-order valence-corrected chi connectivity index (χ1v) is 7.96. The number of carboxylic acids is 1. The summed E-state index contributed by atoms with van der Waals surface area (Å²) in [5.74, 6) is -0.111. The predicted molar refractivity (Wildman–Crippen MR) is 74.4 cm³/mol. The highest BCUT2D eigenvalue weighted by Crippen LogP contribution is 2.37. The van der Waals surface area contributed by atoms with E-state index in [0.29, 0.717) is 12.0 Å². The topological polar surface area (TPSA) is 60.9 Å². The van der Waals surface area contributed by atoms with Crippen molar-refractivity contribution >= 4 is 12.0 Å². The number of aliphatic carboxylic acids is 1. The molecule has 0 spiro atoms. The second kappa shape index (κ2) is 5.62. The Morgan fingerprint density at radius 2 is 1.75 bits per heavy atom. The van der Waals surface area contributed by atoms with Gasteiger partial charge in [0.2, 0.25) is 0 Å². The van der Waals surface area contributed by atoms with Crippen molar-refractivity contribution in [3.63, 3.8) is 0 Å². The zero-order valence-electron chi connectivity index (χ0n) is 12.0. The highest BCUT2D eigenvalue weighted by atomic mass is 16.4. The Balaban J connectivity index is 1.67. The summed E-state index contributed by atoms with van der Waals surface area (Å²) in [4.78, 5) is 27.5. The van der Waals surface area contributed by atoms with Gasteiger partial charge < -0.3 is 14.9 Å². The molecule has 3 atom stereocenters. The van der Waals surface area contributed by atoms with Crippen LogP contribution in [0.4, 0.5) is 4.79 Å². The monoisotopic (exact) mass is 280 g/mol. The van der Waals surface area contributed by atoms with Gasteiger partial charge in [-0.2, -0.15) is 0 Å². The summed E-state index contributed by atoms with van der Waals surface area (Å²) < 4.78 is 0. The van der Waals surface area contributed by atoms with E-state index in [-0.39, 0.29) is 18.5 Å². The number of carbonyl (C=O) groups is 2. The summed E-state index contributed by atoms with van der Waals surface area (Å²) in [7, 11) is 0. The number of amides is 2. The third-order valence-electron chi connectivity index (χ3n) is 5.29. The Bertz CT molecular complexity index is 399. The molecule has 2 amide bonds. The molecule has 3 fully saturated rings. The molecule has 0 radical (unpaired) electrons. The summed E-state index contributed by atoms with van der Waals surface area (Å²) in [6, 6.07) is 0.424. The molecule has 1 saturated carbocycles.